The Kier molecular flexibility index (Phi) is 3.87. The minimum absolute atomic E-state index is 0.982. The second kappa shape index (κ2) is 6.16. The Morgan fingerprint density at radius 1 is 1.09 bits per heavy atom. The third kappa shape index (κ3) is 2.65. The average Bonchev–Trinajstić information content (AvgIpc) is 2.78. The van der Waals surface area contributed by atoms with E-state index < -0.39 is 0 Å². The fourth-order valence-electron chi connectivity index (χ4n) is 3.03. The highest BCUT2D eigenvalue weighted by Crippen LogP contribution is 2.35. The van der Waals surface area contributed by atoms with Crippen molar-refractivity contribution in [2.24, 2.45) is 0 Å². The second-order valence-corrected chi connectivity index (χ2v) is 6.52. The molecule has 0 aliphatic carbocycles. The van der Waals surface area contributed by atoms with E-state index in [1.165, 1.54) is 18.4 Å². The van der Waals surface area contributed by atoms with Gasteiger partial charge in [-0.15, -0.1) is 0 Å². The van der Waals surface area contributed by atoms with Gasteiger partial charge in [-0.1, -0.05) is 12.1 Å². The first-order valence-corrected chi connectivity index (χ1v) is 8.65. The molecule has 0 fully saturated rings. The maximum absolute atomic E-state index is 4.92. The summed E-state index contributed by atoms with van der Waals surface area (Å²) < 4.78 is 3.06. The van der Waals surface area contributed by atoms with Crippen LogP contribution in [-0.2, 0) is 6.42 Å². The number of hydrogen-bond acceptors (Lipinski definition) is 3. The number of aromatic nitrogens is 3. The zero-order valence-corrected chi connectivity index (χ0v) is 14.3. The van der Waals surface area contributed by atoms with Crippen LogP contribution < -0.4 is 5.32 Å². The van der Waals surface area contributed by atoms with Gasteiger partial charge in [-0.3, -0.25) is 4.98 Å². The first-order valence-electron chi connectivity index (χ1n) is 7.85. The van der Waals surface area contributed by atoms with E-state index in [-0.39, 0.29) is 0 Å². The van der Waals surface area contributed by atoms with E-state index in [0.29, 0.717) is 0 Å². The number of anilines is 1. The van der Waals surface area contributed by atoms with Crippen LogP contribution in [0.1, 0.15) is 18.4 Å². The molecule has 1 aliphatic heterocycles. The molecule has 1 aliphatic rings. The van der Waals surface area contributed by atoms with Gasteiger partial charge in [0.2, 0.25) is 0 Å². The van der Waals surface area contributed by atoms with Crippen LogP contribution in [0.5, 0.6) is 0 Å². The molecule has 0 amide bonds. The number of nitrogens with zero attached hydrogens (tertiary/aromatic N) is 3. The minimum Gasteiger partial charge on any atom is -0.370 e. The topological polar surface area (TPSA) is 42.7 Å². The van der Waals surface area contributed by atoms with E-state index in [0.717, 1.165) is 40.2 Å². The zero-order chi connectivity index (χ0) is 15.6. The molecule has 0 atom stereocenters. The number of hydrogen-bond donors (Lipinski definition) is 1. The van der Waals surface area contributed by atoms with Gasteiger partial charge in [0, 0.05) is 34.5 Å². The summed E-state index contributed by atoms with van der Waals surface area (Å²) in [6, 6.07) is 12.2. The Balaban J connectivity index is 1.94. The third-order valence-corrected chi connectivity index (χ3v) is 4.82. The van der Waals surface area contributed by atoms with E-state index >= 15 is 0 Å². The molecule has 116 valence electrons. The quantitative estimate of drug-likeness (QED) is 0.726. The van der Waals surface area contributed by atoms with Gasteiger partial charge in [-0.25, -0.2) is 4.68 Å². The predicted octanol–water partition coefficient (Wildman–Crippen LogP) is 4.45. The first-order chi connectivity index (χ1) is 11.3. The van der Waals surface area contributed by atoms with Crippen molar-refractivity contribution < 1.29 is 0 Å². The Bertz CT molecular complexity index is 826. The van der Waals surface area contributed by atoms with Crippen LogP contribution in [0, 0.1) is 0 Å². The van der Waals surface area contributed by atoms with Crippen molar-refractivity contribution in [2.75, 3.05) is 11.9 Å². The monoisotopic (exact) mass is 368 g/mol. The fourth-order valence-corrected chi connectivity index (χ4v) is 3.49. The molecule has 2 aromatic heterocycles. The highest BCUT2D eigenvalue weighted by Gasteiger charge is 2.22. The number of pyridine rings is 1. The lowest BCUT2D eigenvalue weighted by atomic mass is 10.1. The molecule has 0 spiro atoms. The Hall–Kier alpha value is -2.14. The molecule has 3 heterocycles. The summed E-state index contributed by atoms with van der Waals surface area (Å²) in [4.78, 5) is 4.25. The normalized spacial score (nSPS) is 14.0. The summed E-state index contributed by atoms with van der Waals surface area (Å²) in [6.07, 6.45) is 7.08. The first kappa shape index (κ1) is 14.5. The maximum atomic E-state index is 4.92. The molecule has 1 aromatic carbocycles. The molecule has 1 N–H and O–H groups in total. The summed E-state index contributed by atoms with van der Waals surface area (Å²) in [6.45, 7) is 0.982. The lowest BCUT2D eigenvalue weighted by Gasteiger charge is -2.10. The SMILES string of the molecule is Brc1ccccc1-n1nc(-c2cccnc2)c2c1NCCCC2. The van der Waals surface area contributed by atoms with Gasteiger partial charge in [0.05, 0.1) is 11.4 Å². The van der Waals surface area contributed by atoms with E-state index in [9.17, 15) is 0 Å². The second-order valence-electron chi connectivity index (χ2n) is 5.66. The van der Waals surface area contributed by atoms with Crippen LogP contribution in [0.2, 0.25) is 0 Å². The number of para-hydroxylation sites is 1. The fraction of sp³-hybridized carbons (Fsp3) is 0.222. The Labute approximate surface area is 143 Å². The van der Waals surface area contributed by atoms with Crippen LogP contribution in [0.25, 0.3) is 16.9 Å². The van der Waals surface area contributed by atoms with E-state index in [1.807, 2.05) is 35.1 Å². The van der Waals surface area contributed by atoms with Crippen LogP contribution in [0.4, 0.5) is 5.82 Å². The molecule has 23 heavy (non-hydrogen) atoms. The summed E-state index contributed by atoms with van der Waals surface area (Å²) in [7, 11) is 0. The lowest BCUT2D eigenvalue weighted by molar-refractivity contribution is 0.779. The molecule has 4 rings (SSSR count). The number of rotatable bonds is 2. The van der Waals surface area contributed by atoms with Gasteiger partial charge in [-0.05, 0) is 59.5 Å². The molecule has 0 saturated carbocycles. The number of halogens is 1. The Morgan fingerprint density at radius 3 is 2.83 bits per heavy atom. The van der Waals surface area contributed by atoms with Crippen LogP contribution >= 0.6 is 15.9 Å². The molecule has 4 nitrogen and oxygen atoms in total. The standard InChI is InChI=1S/C18H17BrN4/c19-15-8-1-2-9-16(15)23-18-14(7-3-4-11-21-18)17(22-23)13-6-5-10-20-12-13/h1-2,5-6,8-10,12,21H,3-4,7,11H2. The molecule has 3 aromatic rings. The van der Waals surface area contributed by atoms with E-state index in [4.69, 9.17) is 5.10 Å². The maximum Gasteiger partial charge on any atom is 0.133 e. The van der Waals surface area contributed by atoms with Crippen molar-refractivity contribution >= 4 is 21.7 Å². The molecule has 0 radical (unpaired) electrons. The molecule has 0 bridgehead atoms. The van der Waals surface area contributed by atoms with Crippen LogP contribution in [0.3, 0.4) is 0 Å². The summed E-state index contributed by atoms with van der Waals surface area (Å²) in [5, 5.41) is 8.49. The van der Waals surface area contributed by atoms with Gasteiger partial charge in [-0.2, -0.15) is 5.10 Å². The minimum atomic E-state index is 0.982. The van der Waals surface area contributed by atoms with Gasteiger partial charge in [0.1, 0.15) is 5.82 Å². The summed E-state index contributed by atoms with van der Waals surface area (Å²) in [5.74, 6) is 1.10. The number of fused-ring (bicyclic) bond motifs is 1. The van der Waals surface area contributed by atoms with Crippen molar-refractivity contribution in [1.29, 1.82) is 0 Å². The highest BCUT2D eigenvalue weighted by atomic mass is 79.9. The van der Waals surface area contributed by atoms with Gasteiger partial charge in [0.25, 0.3) is 0 Å². The molecule has 0 saturated heterocycles. The molecular weight excluding hydrogens is 352 g/mol. The zero-order valence-electron chi connectivity index (χ0n) is 12.7. The number of nitrogens with one attached hydrogen (secondary N) is 1. The summed E-state index contributed by atoms with van der Waals surface area (Å²) in [5.41, 5.74) is 4.43. The third-order valence-electron chi connectivity index (χ3n) is 4.15. The highest BCUT2D eigenvalue weighted by molar-refractivity contribution is 9.10. The van der Waals surface area contributed by atoms with Gasteiger partial charge < -0.3 is 5.32 Å². The van der Waals surface area contributed by atoms with Crippen molar-refractivity contribution in [3.8, 4) is 16.9 Å². The van der Waals surface area contributed by atoms with E-state index in [2.05, 4.69) is 38.4 Å². The predicted molar refractivity (Wildman–Crippen MR) is 95.9 cm³/mol. The van der Waals surface area contributed by atoms with Gasteiger partial charge in [0.15, 0.2) is 0 Å². The van der Waals surface area contributed by atoms with Crippen LogP contribution in [-0.4, -0.2) is 21.3 Å². The molecular formula is C18H17BrN4. The number of benzene rings is 1. The van der Waals surface area contributed by atoms with Gasteiger partial charge >= 0.3 is 0 Å². The van der Waals surface area contributed by atoms with Crippen molar-refractivity contribution in [3.05, 3.63) is 58.8 Å². The van der Waals surface area contributed by atoms with Crippen molar-refractivity contribution in [2.45, 2.75) is 19.3 Å². The largest absolute Gasteiger partial charge is 0.370 e. The smallest absolute Gasteiger partial charge is 0.133 e. The van der Waals surface area contributed by atoms with E-state index in [1.54, 1.807) is 6.20 Å². The van der Waals surface area contributed by atoms with Crippen molar-refractivity contribution in [1.82, 2.24) is 14.8 Å². The molecule has 5 heteroatoms. The Morgan fingerprint density at radius 2 is 2.00 bits per heavy atom. The summed E-state index contributed by atoms with van der Waals surface area (Å²) >= 11 is 3.64. The average molecular weight is 369 g/mol. The molecule has 0 unspecified atom stereocenters. The lowest BCUT2D eigenvalue weighted by Crippen LogP contribution is -2.07. The van der Waals surface area contributed by atoms with Crippen LogP contribution in [0.15, 0.2) is 53.3 Å². The van der Waals surface area contributed by atoms with Crippen molar-refractivity contribution in [3.63, 3.8) is 0 Å².